The van der Waals surface area contributed by atoms with Gasteiger partial charge in [-0.25, -0.2) is 0 Å². The second kappa shape index (κ2) is 5.82. The minimum atomic E-state index is -0.138. The first-order chi connectivity index (χ1) is 6.68. The van der Waals surface area contributed by atoms with Crippen LogP contribution in [-0.2, 0) is 4.79 Å². The van der Waals surface area contributed by atoms with Crippen LogP contribution in [0.5, 0.6) is 0 Å². The Bertz CT molecular complexity index is 209. The molecule has 1 aliphatic heterocycles. The average molecular weight is 198 g/mol. The molecule has 1 amide bonds. The summed E-state index contributed by atoms with van der Waals surface area (Å²) >= 11 is 0. The summed E-state index contributed by atoms with van der Waals surface area (Å²) in [6, 6.07) is 0.0990. The van der Waals surface area contributed by atoms with Crippen molar-refractivity contribution in [3.8, 4) is 0 Å². The molecular weight excluding hydrogens is 180 g/mol. The van der Waals surface area contributed by atoms with Gasteiger partial charge in [0.05, 0.1) is 12.6 Å². The molecule has 1 saturated heterocycles. The molecule has 14 heavy (non-hydrogen) atoms. The Morgan fingerprint density at radius 3 is 2.64 bits per heavy atom. The van der Waals surface area contributed by atoms with E-state index in [4.69, 9.17) is 0 Å². The Hall–Kier alpha value is -0.810. The molecule has 5 heteroatoms. The van der Waals surface area contributed by atoms with Gasteiger partial charge in [-0.05, 0) is 13.8 Å². The van der Waals surface area contributed by atoms with Crippen LogP contribution in [0, 0.1) is 0 Å². The van der Waals surface area contributed by atoms with Crippen LogP contribution in [0.4, 0.5) is 0 Å². The third-order valence-electron chi connectivity index (χ3n) is 1.97. The van der Waals surface area contributed by atoms with Gasteiger partial charge in [-0.2, -0.15) is 5.11 Å². The number of carbonyl (C=O) groups excluding carboxylic acids is 1. The maximum Gasteiger partial charge on any atom is 0.278 e. The van der Waals surface area contributed by atoms with E-state index in [1.165, 1.54) is 0 Å². The highest BCUT2D eigenvalue weighted by molar-refractivity contribution is 5.78. The Balaban J connectivity index is 2.25. The van der Waals surface area contributed by atoms with Gasteiger partial charge in [-0.15, -0.1) is 5.11 Å². The highest BCUT2D eigenvalue weighted by Gasteiger charge is 2.12. The molecule has 0 spiro atoms. The average Bonchev–Trinajstić information content (AvgIpc) is 2.16. The van der Waals surface area contributed by atoms with E-state index in [1.807, 2.05) is 13.8 Å². The molecule has 0 radical (unpaired) electrons. The lowest BCUT2D eigenvalue weighted by atomic mass is 10.3. The fourth-order valence-electron chi connectivity index (χ4n) is 1.27. The molecule has 1 N–H and O–H groups in total. The van der Waals surface area contributed by atoms with Gasteiger partial charge in [0.2, 0.25) is 0 Å². The highest BCUT2D eigenvalue weighted by atomic mass is 16.2. The summed E-state index contributed by atoms with van der Waals surface area (Å²) in [6.45, 7) is 7.95. The predicted molar refractivity (Wildman–Crippen MR) is 54.3 cm³/mol. The fraction of sp³-hybridized carbons (Fsp3) is 0.889. The van der Waals surface area contributed by atoms with Crippen LogP contribution in [0.3, 0.4) is 0 Å². The molecule has 0 aromatic heterocycles. The van der Waals surface area contributed by atoms with E-state index in [9.17, 15) is 4.79 Å². The van der Waals surface area contributed by atoms with Crippen molar-refractivity contribution in [2.24, 2.45) is 10.2 Å². The zero-order valence-electron chi connectivity index (χ0n) is 8.86. The van der Waals surface area contributed by atoms with E-state index in [2.05, 4.69) is 20.4 Å². The molecule has 1 aliphatic rings. The predicted octanol–water partition coefficient (Wildman–Crippen LogP) is 0.279. The van der Waals surface area contributed by atoms with Crippen molar-refractivity contribution in [1.29, 1.82) is 0 Å². The molecule has 0 aromatic rings. The van der Waals surface area contributed by atoms with Gasteiger partial charge in [-0.3, -0.25) is 9.69 Å². The van der Waals surface area contributed by atoms with Gasteiger partial charge in [0, 0.05) is 26.2 Å². The third-order valence-corrected chi connectivity index (χ3v) is 1.97. The van der Waals surface area contributed by atoms with Gasteiger partial charge in [0.1, 0.15) is 0 Å². The number of piperazine rings is 1. The van der Waals surface area contributed by atoms with Gasteiger partial charge < -0.3 is 5.32 Å². The van der Waals surface area contributed by atoms with E-state index in [-0.39, 0.29) is 11.9 Å². The van der Waals surface area contributed by atoms with Gasteiger partial charge in [0.25, 0.3) is 5.91 Å². The largest absolute Gasteiger partial charge is 0.314 e. The standard InChI is InChI=1S/C9H18N4O/c1-8(2)11-12-9(14)7-13-5-3-10-4-6-13/h8,10H,3-7H2,1-2H3. The molecule has 1 rings (SSSR count). The summed E-state index contributed by atoms with van der Waals surface area (Å²) in [5, 5.41) is 10.7. The molecule has 1 heterocycles. The first-order valence-electron chi connectivity index (χ1n) is 5.05. The number of hydrogen-bond acceptors (Lipinski definition) is 4. The maximum atomic E-state index is 11.3. The minimum Gasteiger partial charge on any atom is -0.314 e. The Morgan fingerprint density at radius 1 is 1.43 bits per heavy atom. The van der Waals surface area contributed by atoms with Gasteiger partial charge >= 0.3 is 0 Å². The van der Waals surface area contributed by atoms with Crippen LogP contribution in [0.15, 0.2) is 10.2 Å². The van der Waals surface area contributed by atoms with E-state index in [0.717, 1.165) is 26.2 Å². The van der Waals surface area contributed by atoms with Crippen molar-refractivity contribution < 1.29 is 4.79 Å². The molecule has 0 bridgehead atoms. The molecule has 0 aromatic carbocycles. The Kier molecular flexibility index (Phi) is 4.69. The summed E-state index contributed by atoms with van der Waals surface area (Å²) in [6.07, 6.45) is 0. The van der Waals surface area contributed by atoms with E-state index < -0.39 is 0 Å². The second-order valence-electron chi connectivity index (χ2n) is 3.73. The Labute approximate surface area is 84.6 Å². The van der Waals surface area contributed by atoms with Crippen LogP contribution in [-0.4, -0.2) is 49.6 Å². The summed E-state index contributed by atoms with van der Waals surface area (Å²) in [4.78, 5) is 13.4. The summed E-state index contributed by atoms with van der Waals surface area (Å²) < 4.78 is 0. The van der Waals surface area contributed by atoms with Crippen LogP contribution in [0.1, 0.15) is 13.8 Å². The number of azo groups is 1. The van der Waals surface area contributed by atoms with Crippen LogP contribution < -0.4 is 5.32 Å². The monoisotopic (exact) mass is 198 g/mol. The number of rotatable bonds is 3. The summed E-state index contributed by atoms with van der Waals surface area (Å²) in [5.41, 5.74) is 0. The van der Waals surface area contributed by atoms with Crippen LogP contribution >= 0.6 is 0 Å². The zero-order valence-corrected chi connectivity index (χ0v) is 8.86. The Morgan fingerprint density at radius 2 is 2.07 bits per heavy atom. The molecule has 0 saturated carbocycles. The smallest absolute Gasteiger partial charge is 0.278 e. The van der Waals surface area contributed by atoms with E-state index in [1.54, 1.807) is 0 Å². The number of hydrogen-bond donors (Lipinski definition) is 1. The lowest BCUT2D eigenvalue weighted by molar-refractivity contribution is -0.119. The minimum absolute atomic E-state index is 0.0990. The van der Waals surface area contributed by atoms with Gasteiger partial charge in [0.15, 0.2) is 0 Å². The summed E-state index contributed by atoms with van der Waals surface area (Å²) in [7, 11) is 0. The van der Waals surface area contributed by atoms with E-state index >= 15 is 0 Å². The molecule has 5 nitrogen and oxygen atoms in total. The van der Waals surface area contributed by atoms with E-state index in [0.29, 0.717) is 6.54 Å². The van der Waals surface area contributed by atoms with Crippen molar-refractivity contribution in [2.75, 3.05) is 32.7 Å². The quantitative estimate of drug-likeness (QED) is 0.663. The van der Waals surface area contributed by atoms with Crippen LogP contribution in [0.2, 0.25) is 0 Å². The normalized spacial score (nSPS) is 19.4. The highest BCUT2D eigenvalue weighted by Crippen LogP contribution is 1.94. The first-order valence-corrected chi connectivity index (χ1v) is 5.05. The fourth-order valence-corrected chi connectivity index (χ4v) is 1.27. The maximum absolute atomic E-state index is 11.3. The van der Waals surface area contributed by atoms with Crippen molar-refractivity contribution in [3.05, 3.63) is 0 Å². The van der Waals surface area contributed by atoms with Crippen molar-refractivity contribution in [2.45, 2.75) is 19.9 Å². The molecule has 0 unspecified atom stereocenters. The number of nitrogens with zero attached hydrogens (tertiary/aromatic N) is 3. The molecule has 0 atom stereocenters. The summed E-state index contributed by atoms with van der Waals surface area (Å²) in [5.74, 6) is -0.138. The lowest BCUT2D eigenvalue weighted by Gasteiger charge is -2.25. The molecule has 0 aliphatic carbocycles. The van der Waals surface area contributed by atoms with Crippen LogP contribution in [0.25, 0.3) is 0 Å². The van der Waals surface area contributed by atoms with Crippen molar-refractivity contribution >= 4 is 5.91 Å². The molecular formula is C9H18N4O. The van der Waals surface area contributed by atoms with Crippen molar-refractivity contribution in [3.63, 3.8) is 0 Å². The van der Waals surface area contributed by atoms with Gasteiger partial charge in [-0.1, -0.05) is 0 Å². The third kappa shape index (κ3) is 4.43. The number of amides is 1. The lowest BCUT2D eigenvalue weighted by Crippen LogP contribution is -2.45. The number of nitrogens with one attached hydrogen (secondary N) is 1. The number of carbonyl (C=O) groups is 1. The topological polar surface area (TPSA) is 57.1 Å². The molecule has 1 fully saturated rings. The SMILES string of the molecule is CC(C)N=NC(=O)CN1CCNCC1. The molecule has 80 valence electrons. The van der Waals surface area contributed by atoms with Crippen molar-refractivity contribution in [1.82, 2.24) is 10.2 Å². The zero-order chi connectivity index (χ0) is 10.4. The first kappa shape index (κ1) is 11.3. The second-order valence-corrected chi connectivity index (χ2v) is 3.73.